The number of aryl methyl sites for hydroxylation is 1. The Morgan fingerprint density at radius 1 is 1.43 bits per heavy atom. The zero-order valence-corrected chi connectivity index (χ0v) is 13.1. The van der Waals surface area contributed by atoms with Crippen LogP contribution in [-0.2, 0) is 0 Å². The molecule has 1 aromatic carbocycles. The third-order valence-electron chi connectivity index (χ3n) is 4.39. The fourth-order valence-corrected chi connectivity index (χ4v) is 3.92. The van der Waals surface area contributed by atoms with Crippen LogP contribution in [0.25, 0.3) is 10.1 Å². The fourth-order valence-electron chi connectivity index (χ4n) is 2.72. The Balaban J connectivity index is 1.90. The van der Waals surface area contributed by atoms with Crippen LogP contribution in [0.2, 0.25) is 0 Å². The number of aliphatic hydroxyl groups is 1. The highest BCUT2D eigenvalue weighted by Gasteiger charge is 2.46. The van der Waals surface area contributed by atoms with Crippen LogP contribution in [0.15, 0.2) is 18.2 Å². The first-order valence-corrected chi connectivity index (χ1v) is 7.84. The molecule has 0 saturated carbocycles. The molecule has 0 aliphatic carbocycles. The molecule has 1 N–H and O–H groups in total. The van der Waals surface area contributed by atoms with Crippen LogP contribution >= 0.6 is 11.3 Å². The maximum absolute atomic E-state index is 13.9. The predicted octanol–water partition coefficient (Wildman–Crippen LogP) is 3.19. The van der Waals surface area contributed by atoms with Crippen LogP contribution in [-0.4, -0.2) is 34.6 Å². The highest BCUT2D eigenvalue weighted by molar-refractivity contribution is 7.21. The van der Waals surface area contributed by atoms with Crippen molar-refractivity contribution in [3.8, 4) is 0 Å². The molecule has 2 heterocycles. The summed E-state index contributed by atoms with van der Waals surface area (Å²) in [5.74, 6) is -0.288. The Morgan fingerprint density at radius 3 is 2.67 bits per heavy atom. The number of thiophene rings is 1. The molecular weight excluding hydrogens is 289 g/mol. The van der Waals surface area contributed by atoms with Gasteiger partial charge in [-0.3, -0.25) is 4.79 Å². The molecule has 1 aliphatic rings. The molecule has 5 heteroatoms. The Labute approximate surface area is 127 Å². The lowest BCUT2D eigenvalue weighted by Gasteiger charge is -2.48. The van der Waals surface area contributed by atoms with Gasteiger partial charge in [0, 0.05) is 10.1 Å². The summed E-state index contributed by atoms with van der Waals surface area (Å²) in [6.07, 6.45) is 0. The van der Waals surface area contributed by atoms with Gasteiger partial charge in [-0.1, -0.05) is 19.9 Å². The van der Waals surface area contributed by atoms with Gasteiger partial charge in [-0.2, -0.15) is 0 Å². The second kappa shape index (κ2) is 4.78. The quantitative estimate of drug-likeness (QED) is 0.925. The Kier molecular flexibility index (Phi) is 3.30. The van der Waals surface area contributed by atoms with Gasteiger partial charge in [0.2, 0.25) is 0 Å². The number of amides is 1. The van der Waals surface area contributed by atoms with Crippen molar-refractivity contribution in [2.45, 2.75) is 26.4 Å². The number of carbonyl (C=O) groups excluding carboxylic acids is 1. The van der Waals surface area contributed by atoms with Gasteiger partial charge in [0.25, 0.3) is 5.91 Å². The summed E-state index contributed by atoms with van der Waals surface area (Å²) in [5, 5.41) is 10.8. The largest absolute Gasteiger partial charge is 0.386 e. The zero-order valence-electron chi connectivity index (χ0n) is 12.3. The lowest BCUT2D eigenvalue weighted by Crippen LogP contribution is -2.65. The average Bonchev–Trinajstić information content (AvgIpc) is 2.73. The number of β-amino-alcohol motifs (C(OH)–C–C–N with tert-alkyl or cyclic N) is 1. The van der Waals surface area contributed by atoms with Crippen LogP contribution in [0.1, 0.15) is 29.1 Å². The van der Waals surface area contributed by atoms with Crippen molar-refractivity contribution in [2.24, 2.45) is 5.92 Å². The molecule has 112 valence electrons. The molecule has 21 heavy (non-hydrogen) atoms. The minimum Gasteiger partial charge on any atom is -0.386 e. The number of carbonyl (C=O) groups is 1. The van der Waals surface area contributed by atoms with E-state index in [9.17, 15) is 14.3 Å². The molecule has 0 bridgehead atoms. The normalized spacial score (nSPS) is 17.3. The molecule has 1 fully saturated rings. The van der Waals surface area contributed by atoms with E-state index in [4.69, 9.17) is 0 Å². The van der Waals surface area contributed by atoms with Crippen molar-refractivity contribution in [1.29, 1.82) is 0 Å². The summed E-state index contributed by atoms with van der Waals surface area (Å²) in [6.45, 7) is 6.37. The topological polar surface area (TPSA) is 40.5 Å². The molecule has 1 aromatic heterocycles. The van der Waals surface area contributed by atoms with Gasteiger partial charge in [0.15, 0.2) is 0 Å². The van der Waals surface area contributed by atoms with E-state index in [0.29, 0.717) is 28.9 Å². The summed E-state index contributed by atoms with van der Waals surface area (Å²) < 4.78 is 14.7. The maximum atomic E-state index is 13.9. The Morgan fingerprint density at radius 2 is 2.10 bits per heavy atom. The van der Waals surface area contributed by atoms with Crippen LogP contribution < -0.4 is 0 Å². The van der Waals surface area contributed by atoms with E-state index in [-0.39, 0.29) is 17.6 Å². The summed E-state index contributed by atoms with van der Waals surface area (Å²) >= 11 is 1.32. The molecule has 3 nitrogen and oxygen atoms in total. The van der Waals surface area contributed by atoms with Crippen LogP contribution in [0.5, 0.6) is 0 Å². The van der Waals surface area contributed by atoms with E-state index >= 15 is 0 Å². The summed E-state index contributed by atoms with van der Waals surface area (Å²) in [6, 6.07) is 4.90. The highest BCUT2D eigenvalue weighted by Crippen LogP contribution is 2.36. The van der Waals surface area contributed by atoms with Crippen molar-refractivity contribution < 1.29 is 14.3 Å². The SMILES string of the molecule is Cc1c(C(=O)N2CC(O)(C(C)C)C2)sc2cccc(F)c12. The molecule has 0 unspecified atom stereocenters. The lowest BCUT2D eigenvalue weighted by molar-refractivity contribution is -0.110. The van der Waals surface area contributed by atoms with Crippen molar-refractivity contribution in [1.82, 2.24) is 4.90 Å². The van der Waals surface area contributed by atoms with E-state index < -0.39 is 5.60 Å². The number of hydrogen-bond acceptors (Lipinski definition) is 3. The number of halogens is 1. The Bertz CT molecular complexity index is 716. The molecule has 0 spiro atoms. The first-order chi connectivity index (χ1) is 9.83. The molecule has 1 aliphatic heterocycles. The minimum absolute atomic E-state index is 0.113. The van der Waals surface area contributed by atoms with Crippen LogP contribution in [0, 0.1) is 18.7 Å². The third-order valence-corrected chi connectivity index (χ3v) is 5.63. The molecule has 1 amide bonds. The molecule has 2 aromatic rings. The van der Waals surface area contributed by atoms with Gasteiger partial charge in [-0.05, 0) is 30.5 Å². The number of fused-ring (bicyclic) bond motifs is 1. The zero-order chi connectivity index (χ0) is 15.4. The average molecular weight is 307 g/mol. The van der Waals surface area contributed by atoms with Gasteiger partial charge in [-0.25, -0.2) is 4.39 Å². The third kappa shape index (κ3) is 2.15. The lowest BCUT2D eigenvalue weighted by atomic mass is 9.83. The molecular formula is C16H18FNO2S. The smallest absolute Gasteiger partial charge is 0.264 e. The first-order valence-electron chi connectivity index (χ1n) is 7.03. The van der Waals surface area contributed by atoms with E-state index in [1.54, 1.807) is 17.9 Å². The highest BCUT2D eigenvalue weighted by atomic mass is 32.1. The second-order valence-electron chi connectivity index (χ2n) is 6.09. The number of benzene rings is 1. The van der Waals surface area contributed by atoms with Gasteiger partial charge in [0.05, 0.1) is 18.0 Å². The van der Waals surface area contributed by atoms with E-state index in [2.05, 4.69) is 0 Å². The number of rotatable bonds is 2. The van der Waals surface area contributed by atoms with Gasteiger partial charge >= 0.3 is 0 Å². The molecule has 0 radical (unpaired) electrons. The second-order valence-corrected chi connectivity index (χ2v) is 7.14. The predicted molar refractivity (Wildman–Crippen MR) is 82.2 cm³/mol. The van der Waals surface area contributed by atoms with Gasteiger partial charge in [0.1, 0.15) is 11.4 Å². The van der Waals surface area contributed by atoms with Crippen LogP contribution in [0.4, 0.5) is 4.39 Å². The molecule has 1 saturated heterocycles. The molecule has 0 atom stereocenters. The number of hydrogen-bond donors (Lipinski definition) is 1. The Hall–Kier alpha value is -1.46. The van der Waals surface area contributed by atoms with Gasteiger partial charge < -0.3 is 10.0 Å². The van der Waals surface area contributed by atoms with Crippen molar-refractivity contribution >= 4 is 27.3 Å². The number of nitrogens with zero attached hydrogens (tertiary/aromatic N) is 1. The summed E-state index contributed by atoms with van der Waals surface area (Å²) in [5.41, 5.74) is -0.0935. The first kappa shape index (κ1) is 14.5. The van der Waals surface area contributed by atoms with E-state index in [0.717, 1.165) is 4.70 Å². The maximum Gasteiger partial charge on any atom is 0.264 e. The van der Waals surface area contributed by atoms with Crippen molar-refractivity contribution in [2.75, 3.05) is 13.1 Å². The monoisotopic (exact) mass is 307 g/mol. The molecule has 3 rings (SSSR count). The fraction of sp³-hybridized carbons (Fsp3) is 0.438. The van der Waals surface area contributed by atoms with Crippen molar-refractivity contribution in [3.05, 3.63) is 34.5 Å². The number of likely N-dealkylation sites (tertiary alicyclic amines) is 1. The van der Waals surface area contributed by atoms with Gasteiger partial charge in [-0.15, -0.1) is 11.3 Å². The standard InChI is InChI=1S/C16H18FNO2S/c1-9(2)16(20)7-18(8-16)15(19)14-10(3)13-11(17)5-4-6-12(13)21-14/h4-6,9,20H,7-8H2,1-3H3. The van der Waals surface area contributed by atoms with Crippen LogP contribution in [0.3, 0.4) is 0 Å². The van der Waals surface area contributed by atoms with E-state index in [1.165, 1.54) is 17.4 Å². The van der Waals surface area contributed by atoms with Crippen molar-refractivity contribution in [3.63, 3.8) is 0 Å². The van der Waals surface area contributed by atoms with E-state index in [1.807, 2.05) is 19.9 Å². The summed E-state index contributed by atoms with van der Waals surface area (Å²) in [7, 11) is 0. The summed E-state index contributed by atoms with van der Waals surface area (Å²) in [4.78, 5) is 14.7. The minimum atomic E-state index is -0.786.